The summed E-state index contributed by atoms with van der Waals surface area (Å²) in [4.78, 5) is 25.6. The Bertz CT molecular complexity index is 806. The van der Waals surface area contributed by atoms with Crippen LogP contribution in [-0.2, 0) is 11.0 Å². The van der Waals surface area contributed by atoms with Crippen LogP contribution in [0.2, 0.25) is 0 Å². The number of halogens is 3. The van der Waals surface area contributed by atoms with E-state index in [1.807, 2.05) is 0 Å². The Morgan fingerprint density at radius 2 is 1.69 bits per heavy atom. The molecule has 0 spiro atoms. The Hall–Kier alpha value is -3.03. The average molecular weight is 366 g/mol. The van der Waals surface area contributed by atoms with Gasteiger partial charge in [0.05, 0.1) is 30.5 Å². The maximum atomic E-state index is 13.0. The topological polar surface area (TPSA) is 58.6 Å². The van der Waals surface area contributed by atoms with Crippen molar-refractivity contribution < 1.29 is 27.5 Å². The lowest BCUT2D eigenvalue weighted by atomic mass is 10.1. The standard InChI is InChI=1S/C18H17F3N2O3/c1-23(17(25)12-7-3-6-10-15(12)26-2)11-16(24)22-14-9-5-4-8-13(14)18(19,20)21/h3-10H,11H2,1-2H3,(H,22,24). The summed E-state index contributed by atoms with van der Waals surface area (Å²) < 4.78 is 44.0. The molecule has 0 saturated heterocycles. The molecule has 0 saturated carbocycles. The van der Waals surface area contributed by atoms with Crippen LogP contribution in [0.5, 0.6) is 5.75 Å². The van der Waals surface area contributed by atoms with Crippen LogP contribution in [0.4, 0.5) is 18.9 Å². The van der Waals surface area contributed by atoms with E-state index in [1.165, 1.54) is 32.4 Å². The molecule has 26 heavy (non-hydrogen) atoms. The van der Waals surface area contributed by atoms with E-state index in [0.717, 1.165) is 17.0 Å². The molecule has 0 aromatic heterocycles. The first-order valence-corrected chi connectivity index (χ1v) is 7.58. The van der Waals surface area contributed by atoms with E-state index in [4.69, 9.17) is 4.74 Å². The molecule has 0 heterocycles. The highest BCUT2D eigenvalue weighted by Crippen LogP contribution is 2.34. The number of likely N-dealkylation sites (N-methyl/N-ethyl adjacent to an activating group) is 1. The summed E-state index contributed by atoms with van der Waals surface area (Å²) in [6, 6.07) is 11.1. The van der Waals surface area contributed by atoms with Gasteiger partial charge < -0.3 is 15.0 Å². The van der Waals surface area contributed by atoms with Crippen LogP contribution >= 0.6 is 0 Å². The molecular formula is C18H17F3N2O3. The van der Waals surface area contributed by atoms with E-state index < -0.39 is 30.1 Å². The molecule has 0 atom stereocenters. The van der Waals surface area contributed by atoms with E-state index in [2.05, 4.69) is 5.32 Å². The Balaban J connectivity index is 2.10. The molecule has 0 radical (unpaired) electrons. The third-order valence-corrected chi connectivity index (χ3v) is 3.57. The molecule has 2 amide bonds. The maximum Gasteiger partial charge on any atom is 0.418 e. The van der Waals surface area contributed by atoms with Crippen LogP contribution in [-0.4, -0.2) is 37.4 Å². The largest absolute Gasteiger partial charge is 0.496 e. The van der Waals surface area contributed by atoms with Gasteiger partial charge >= 0.3 is 6.18 Å². The first kappa shape index (κ1) is 19.3. The third-order valence-electron chi connectivity index (χ3n) is 3.57. The smallest absolute Gasteiger partial charge is 0.418 e. The van der Waals surface area contributed by atoms with Crippen LogP contribution < -0.4 is 10.1 Å². The van der Waals surface area contributed by atoms with Crippen molar-refractivity contribution in [1.29, 1.82) is 0 Å². The number of amides is 2. The minimum Gasteiger partial charge on any atom is -0.496 e. The summed E-state index contributed by atoms with van der Waals surface area (Å²) in [6.07, 6.45) is -4.59. The van der Waals surface area contributed by atoms with Gasteiger partial charge in [0.2, 0.25) is 5.91 Å². The molecule has 2 rings (SSSR count). The number of nitrogens with zero attached hydrogens (tertiary/aromatic N) is 1. The summed E-state index contributed by atoms with van der Waals surface area (Å²) in [5, 5.41) is 2.20. The van der Waals surface area contributed by atoms with Crippen molar-refractivity contribution in [3.8, 4) is 5.75 Å². The van der Waals surface area contributed by atoms with Gasteiger partial charge in [0.25, 0.3) is 5.91 Å². The van der Waals surface area contributed by atoms with Gasteiger partial charge in [0.15, 0.2) is 0 Å². The summed E-state index contributed by atoms with van der Waals surface area (Å²) in [5.41, 5.74) is -1.06. The van der Waals surface area contributed by atoms with Crippen molar-refractivity contribution in [3.63, 3.8) is 0 Å². The highest BCUT2D eigenvalue weighted by molar-refractivity contribution is 6.01. The predicted molar refractivity (Wildman–Crippen MR) is 90.0 cm³/mol. The zero-order chi connectivity index (χ0) is 19.3. The Morgan fingerprint density at radius 1 is 1.08 bits per heavy atom. The lowest BCUT2D eigenvalue weighted by Crippen LogP contribution is -2.35. The molecule has 138 valence electrons. The average Bonchev–Trinajstić information content (AvgIpc) is 2.60. The number of rotatable bonds is 5. The molecule has 5 nitrogen and oxygen atoms in total. The van der Waals surface area contributed by atoms with E-state index in [-0.39, 0.29) is 11.3 Å². The minimum absolute atomic E-state index is 0.251. The number of hydrogen-bond donors (Lipinski definition) is 1. The van der Waals surface area contributed by atoms with Gasteiger partial charge in [-0.15, -0.1) is 0 Å². The maximum absolute atomic E-state index is 13.0. The van der Waals surface area contributed by atoms with Gasteiger partial charge in [0, 0.05) is 7.05 Å². The summed E-state index contributed by atoms with van der Waals surface area (Å²) in [6.45, 7) is -0.414. The number of ether oxygens (including phenoxy) is 1. The number of methoxy groups -OCH3 is 1. The number of carbonyl (C=O) groups excluding carboxylic acids is 2. The number of nitrogens with one attached hydrogen (secondary N) is 1. The predicted octanol–water partition coefficient (Wildman–Crippen LogP) is 3.42. The summed E-state index contributed by atoms with van der Waals surface area (Å²) in [7, 11) is 2.79. The molecule has 0 fully saturated rings. The van der Waals surface area contributed by atoms with Crippen LogP contribution in [0, 0.1) is 0 Å². The molecule has 0 aliphatic carbocycles. The van der Waals surface area contributed by atoms with Crippen molar-refractivity contribution in [2.45, 2.75) is 6.18 Å². The van der Waals surface area contributed by atoms with Crippen molar-refractivity contribution in [3.05, 3.63) is 59.7 Å². The number of anilines is 1. The molecule has 1 N–H and O–H groups in total. The van der Waals surface area contributed by atoms with Crippen molar-refractivity contribution in [1.82, 2.24) is 4.90 Å². The monoisotopic (exact) mass is 366 g/mol. The second-order valence-corrected chi connectivity index (χ2v) is 5.45. The van der Waals surface area contributed by atoms with Crippen molar-refractivity contribution in [2.75, 3.05) is 26.0 Å². The fourth-order valence-corrected chi connectivity index (χ4v) is 2.34. The fraction of sp³-hybridized carbons (Fsp3) is 0.222. The number of alkyl halides is 3. The van der Waals surface area contributed by atoms with Gasteiger partial charge in [-0.3, -0.25) is 9.59 Å². The van der Waals surface area contributed by atoms with Gasteiger partial charge in [-0.1, -0.05) is 24.3 Å². The number of benzene rings is 2. The quantitative estimate of drug-likeness (QED) is 0.882. The second-order valence-electron chi connectivity index (χ2n) is 5.45. The van der Waals surface area contributed by atoms with Gasteiger partial charge in [-0.25, -0.2) is 0 Å². The number of para-hydroxylation sites is 2. The zero-order valence-corrected chi connectivity index (χ0v) is 14.1. The molecule has 0 unspecified atom stereocenters. The lowest BCUT2D eigenvalue weighted by Gasteiger charge is -2.19. The van der Waals surface area contributed by atoms with E-state index in [9.17, 15) is 22.8 Å². The molecule has 2 aromatic carbocycles. The lowest BCUT2D eigenvalue weighted by molar-refractivity contribution is -0.137. The number of carbonyl (C=O) groups is 2. The van der Waals surface area contributed by atoms with E-state index in [0.29, 0.717) is 5.75 Å². The summed E-state index contributed by atoms with van der Waals surface area (Å²) in [5.74, 6) is -0.888. The zero-order valence-electron chi connectivity index (χ0n) is 14.1. The molecule has 2 aromatic rings. The second kappa shape index (κ2) is 7.90. The molecule has 8 heteroatoms. The van der Waals surface area contributed by atoms with Crippen LogP contribution in [0.3, 0.4) is 0 Å². The minimum atomic E-state index is -4.59. The third kappa shape index (κ3) is 4.53. The fourth-order valence-electron chi connectivity index (χ4n) is 2.34. The molecule has 0 bridgehead atoms. The van der Waals surface area contributed by atoms with Crippen LogP contribution in [0.15, 0.2) is 48.5 Å². The van der Waals surface area contributed by atoms with Gasteiger partial charge in [-0.05, 0) is 24.3 Å². The van der Waals surface area contributed by atoms with E-state index in [1.54, 1.807) is 18.2 Å². The molecule has 0 aliphatic rings. The Morgan fingerprint density at radius 3 is 2.35 bits per heavy atom. The van der Waals surface area contributed by atoms with Crippen molar-refractivity contribution in [2.24, 2.45) is 0 Å². The van der Waals surface area contributed by atoms with Crippen LogP contribution in [0.1, 0.15) is 15.9 Å². The first-order valence-electron chi connectivity index (χ1n) is 7.58. The first-order chi connectivity index (χ1) is 12.2. The van der Waals surface area contributed by atoms with Gasteiger partial charge in [0.1, 0.15) is 5.75 Å². The highest BCUT2D eigenvalue weighted by Gasteiger charge is 2.33. The number of hydrogen-bond acceptors (Lipinski definition) is 3. The SMILES string of the molecule is COc1ccccc1C(=O)N(C)CC(=O)Nc1ccccc1C(F)(F)F. The molecule has 0 aliphatic heterocycles. The Kier molecular flexibility index (Phi) is 5.86. The summed E-state index contributed by atoms with van der Waals surface area (Å²) >= 11 is 0. The van der Waals surface area contributed by atoms with Crippen LogP contribution in [0.25, 0.3) is 0 Å². The molecular weight excluding hydrogens is 349 g/mol. The van der Waals surface area contributed by atoms with Gasteiger partial charge in [-0.2, -0.15) is 13.2 Å². The van der Waals surface area contributed by atoms with E-state index >= 15 is 0 Å². The van der Waals surface area contributed by atoms with Crippen molar-refractivity contribution >= 4 is 17.5 Å². The highest BCUT2D eigenvalue weighted by atomic mass is 19.4. The Labute approximate surface area is 148 Å². The normalized spacial score (nSPS) is 11.0.